The molecule has 0 spiro atoms. The van der Waals surface area contributed by atoms with Gasteiger partial charge in [0.25, 0.3) is 0 Å². The van der Waals surface area contributed by atoms with Gasteiger partial charge in [0.2, 0.25) is 0 Å². The van der Waals surface area contributed by atoms with E-state index in [1.807, 2.05) is 6.07 Å². The van der Waals surface area contributed by atoms with Crippen LogP contribution in [0.5, 0.6) is 0 Å². The molecule has 1 atom stereocenters. The van der Waals surface area contributed by atoms with E-state index in [9.17, 15) is 14.0 Å². The van der Waals surface area contributed by atoms with E-state index in [0.29, 0.717) is 43.0 Å². The smallest absolute Gasteiger partial charge is 0.313 e. The van der Waals surface area contributed by atoms with E-state index >= 15 is 0 Å². The maximum absolute atomic E-state index is 13.5. The van der Waals surface area contributed by atoms with Crippen LogP contribution in [0.25, 0.3) is 0 Å². The molecule has 4 rings (SSSR count). The van der Waals surface area contributed by atoms with Crippen molar-refractivity contribution >= 4 is 23.3 Å². The lowest BCUT2D eigenvalue weighted by atomic mass is 10.0. The Morgan fingerprint density at radius 1 is 1.22 bits per heavy atom. The summed E-state index contributed by atoms with van der Waals surface area (Å²) in [6, 6.07) is 7.63. The predicted octanol–water partition coefficient (Wildman–Crippen LogP) is 3.16. The van der Waals surface area contributed by atoms with Crippen LogP contribution in [0.1, 0.15) is 49.8 Å². The number of anilines is 2. The highest BCUT2D eigenvalue weighted by Gasteiger charge is 2.35. The van der Waals surface area contributed by atoms with E-state index in [-0.39, 0.29) is 11.9 Å². The highest BCUT2D eigenvalue weighted by molar-refractivity contribution is 6.39. The molecule has 1 aromatic heterocycles. The van der Waals surface area contributed by atoms with Gasteiger partial charge >= 0.3 is 11.8 Å². The van der Waals surface area contributed by atoms with Crippen LogP contribution >= 0.6 is 0 Å². The molecule has 7 nitrogen and oxygen atoms in total. The lowest BCUT2D eigenvalue weighted by molar-refractivity contribution is -0.146. The fourth-order valence-corrected chi connectivity index (χ4v) is 4.33. The van der Waals surface area contributed by atoms with Gasteiger partial charge in [0.05, 0.1) is 17.9 Å². The number of nitrogens with two attached hydrogens (primary N) is 1. The van der Waals surface area contributed by atoms with Gasteiger partial charge in [-0.25, -0.2) is 9.37 Å². The zero-order chi connectivity index (χ0) is 22.8. The molecule has 3 N–H and O–H groups in total. The maximum Gasteiger partial charge on any atom is 0.313 e. The Morgan fingerprint density at radius 3 is 2.59 bits per heavy atom. The third-order valence-electron chi connectivity index (χ3n) is 6.02. The average Bonchev–Trinajstić information content (AvgIpc) is 3.60. The topological polar surface area (TPSA) is 91.6 Å². The maximum atomic E-state index is 13.5. The van der Waals surface area contributed by atoms with Gasteiger partial charge < -0.3 is 16.0 Å². The molecular weight excluding hydrogens is 409 g/mol. The lowest BCUT2D eigenvalue weighted by Crippen LogP contribution is -2.53. The largest absolute Gasteiger partial charge is 0.383 e. The quantitative estimate of drug-likeness (QED) is 0.699. The van der Waals surface area contributed by atoms with Crippen LogP contribution in [-0.4, -0.2) is 52.8 Å². The van der Waals surface area contributed by atoms with Crippen LogP contribution < -0.4 is 11.1 Å². The highest BCUT2D eigenvalue weighted by Crippen LogP contribution is 2.42. The molecule has 1 unspecified atom stereocenters. The molecule has 170 valence electrons. The van der Waals surface area contributed by atoms with Gasteiger partial charge in [0.15, 0.2) is 0 Å². The molecule has 1 aromatic carbocycles. The molecule has 1 saturated carbocycles. The van der Waals surface area contributed by atoms with Crippen LogP contribution in [0.2, 0.25) is 0 Å². The van der Waals surface area contributed by atoms with Gasteiger partial charge in [0, 0.05) is 26.2 Å². The lowest BCUT2D eigenvalue weighted by Gasteiger charge is -2.42. The van der Waals surface area contributed by atoms with Crippen molar-refractivity contribution in [2.75, 3.05) is 37.2 Å². The number of carbonyl (C=O) groups excluding carboxylic acids is 2. The molecule has 1 aliphatic heterocycles. The molecule has 2 aliphatic rings. The van der Waals surface area contributed by atoms with Crippen molar-refractivity contribution in [3.63, 3.8) is 0 Å². The van der Waals surface area contributed by atoms with Crippen LogP contribution in [0.3, 0.4) is 0 Å². The summed E-state index contributed by atoms with van der Waals surface area (Å²) < 4.78 is 13.5. The normalized spacial score (nSPS) is 19.2. The second kappa shape index (κ2) is 9.24. The minimum atomic E-state index is -0.706. The van der Waals surface area contributed by atoms with Crippen LogP contribution in [-0.2, 0) is 9.59 Å². The first-order valence-corrected chi connectivity index (χ1v) is 11.2. The van der Waals surface area contributed by atoms with Gasteiger partial charge in [-0.15, -0.1) is 0 Å². The summed E-state index contributed by atoms with van der Waals surface area (Å²) in [6.07, 6.45) is 3.59. The standard InChI is InChI=1S/C24H30FN5O2/c1-15(2)13-29-9-10-30(21(14-29)17-5-7-18(25)8-6-17)24(32)23(31)28-19-11-20(16-3-4-16)22(26)27-12-19/h5-8,11-12,15-16,21H,3-4,9-10,13-14H2,1-2H3,(H2,26,27)(H,28,31). The van der Waals surface area contributed by atoms with Crippen molar-refractivity contribution in [2.45, 2.75) is 38.6 Å². The number of hydrogen-bond acceptors (Lipinski definition) is 5. The molecule has 0 bridgehead atoms. The minimum absolute atomic E-state index is 0.326. The summed E-state index contributed by atoms with van der Waals surface area (Å²) in [4.78, 5) is 34.0. The van der Waals surface area contributed by atoms with Crippen molar-refractivity contribution in [1.82, 2.24) is 14.8 Å². The Hall–Kier alpha value is -3.00. The number of nitrogens with zero attached hydrogens (tertiary/aromatic N) is 3. The molecule has 2 fully saturated rings. The summed E-state index contributed by atoms with van der Waals surface area (Å²) >= 11 is 0. The van der Waals surface area contributed by atoms with E-state index in [4.69, 9.17) is 5.73 Å². The molecule has 0 radical (unpaired) electrons. The number of benzene rings is 1. The van der Waals surface area contributed by atoms with Crippen LogP contribution in [0.4, 0.5) is 15.9 Å². The Balaban J connectivity index is 1.51. The zero-order valence-corrected chi connectivity index (χ0v) is 18.6. The SMILES string of the molecule is CC(C)CN1CCN(C(=O)C(=O)Nc2cnc(N)c(C3CC3)c2)C(c2ccc(F)cc2)C1. The molecule has 2 aromatic rings. The minimum Gasteiger partial charge on any atom is -0.383 e. The third kappa shape index (κ3) is 5.07. The molecule has 32 heavy (non-hydrogen) atoms. The van der Waals surface area contributed by atoms with Gasteiger partial charge in [-0.2, -0.15) is 0 Å². The molecule has 2 heterocycles. The van der Waals surface area contributed by atoms with Crippen molar-refractivity contribution < 1.29 is 14.0 Å². The second-order valence-corrected chi connectivity index (χ2v) is 9.15. The Labute approximate surface area is 187 Å². The van der Waals surface area contributed by atoms with E-state index in [2.05, 4.69) is 29.0 Å². The summed E-state index contributed by atoms with van der Waals surface area (Å²) in [6.45, 7) is 6.90. The summed E-state index contributed by atoms with van der Waals surface area (Å²) in [7, 11) is 0. The average molecular weight is 440 g/mol. The number of pyridine rings is 1. The molecule has 1 aliphatic carbocycles. The number of nitrogens with one attached hydrogen (secondary N) is 1. The summed E-state index contributed by atoms with van der Waals surface area (Å²) in [5, 5.41) is 2.69. The summed E-state index contributed by atoms with van der Waals surface area (Å²) in [5.74, 6) is -0.313. The Kier molecular flexibility index (Phi) is 6.41. The molecular formula is C24H30FN5O2. The number of hydrogen-bond donors (Lipinski definition) is 2. The number of nitrogen functional groups attached to an aromatic ring is 1. The number of aromatic nitrogens is 1. The second-order valence-electron chi connectivity index (χ2n) is 9.15. The molecule has 8 heteroatoms. The van der Waals surface area contributed by atoms with Gasteiger partial charge in [0.1, 0.15) is 11.6 Å². The van der Waals surface area contributed by atoms with Gasteiger partial charge in [-0.05, 0) is 54.0 Å². The highest BCUT2D eigenvalue weighted by atomic mass is 19.1. The van der Waals surface area contributed by atoms with E-state index in [1.54, 1.807) is 17.0 Å². The zero-order valence-electron chi connectivity index (χ0n) is 18.6. The van der Waals surface area contributed by atoms with E-state index in [0.717, 1.165) is 30.5 Å². The van der Waals surface area contributed by atoms with Crippen molar-refractivity contribution in [1.29, 1.82) is 0 Å². The Morgan fingerprint density at radius 2 is 1.94 bits per heavy atom. The van der Waals surface area contributed by atoms with Crippen molar-refractivity contribution in [3.8, 4) is 0 Å². The summed E-state index contributed by atoms with van der Waals surface area (Å²) in [5.41, 5.74) is 8.15. The number of halogens is 1. The first-order valence-electron chi connectivity index (χ1n) is 11.2. The van der Waals surface area contributed by atoms with E-state index < -0.39 is 11.8 Å². The van der Waals surface area contributed by atoms with Crippen LogP contribution in [0.15, 0.2) is 36.5 Å². The third-order valence-corrected chi connectivity index (χ3v) is 6.02. The number of carbonyl (C=O) groups is 2. The number of amides is 2. The van der Waals surface area contributed by atoms with Crippen molar-refractivity contribution in [2.24, 2.45) is 5.92 Å². The number of rotatable bonds is 5. The van der Waals surface area contributed by atoms with Gasteiger partial charge in [-0.1, -0.05) is 26.0 Å². The fraction of sp³-hybridized carbons (Fsp3) is 0.458. The fourth-order valence-electron chi connectivity index (χ4n) is 4.33. The predicted molar refractivity (Wildman–Crippen MR) is 121 cm³/mol. The van der Waals surface area contributed by atoms with Crippen molar-refractivity contribution in [3.05, 3.63) is 53.5 Å². The number of piperazine rings is 1. The first-order chi connectivity index (χ1) is 15.3. The molecule has 2 amide bonds. The van der Waals surface area contributed by atoms with E-state index in [1.165, 1.54) is 18.3 Å². The van der Waals surface area contributed by atoms with Crippen LogP contribution in [0, 0.1) is 11.7 Å². The Bertz CT molecular complexity index is 990. The van der Waals surface area contributed by atoms with Gasteiger partial charge in [-0.3, -0.25) is 14.5 Å². The monoisotopic (exact) mass is 439 g/mol. The molecule has 1 saturated heterocycles. The first kappa shape index (κ1) is 22.2.